The van der Waals surface area contributed by atoms with Gasteiger partial charge in [-0.15, -0.1) is 0 Å². The van der Waals surface area contributed by atoms with E-state index in [0.29, 0.717) is 23.0 Å². The predicted octanol–water partition coefficient (Wildman–Crippen LogP) is 1.90. The van der Waals surface area contributed by atoms with Gasteiger partial charge in [0.25, 0.3) is 15.9 Å². The zero-order chi connectivity index (χ0) is 23.8. The van der Waals surface area contributed by atoms with Crippen molar-refractivity contribution in [3.63, 3.8) is 0 Å². The summed E-state index contributed by atoms with van der Waals surface area (Å²) in [5, 5.41) is 6.43. The van der Waals surface area contributed by atoms with Crippen molar-refractivity contribution in [2.24, 2.45) is 5.92 Å². The van der Waals surface area contributed by atoms with E-state index in [9.17, 15) is 18.0 Å². The van der Waals surface area contributed by atoms with Gasteiger partial charge < -0.3 is 14.7 Å². The fraction of sp³-hybridized carbons (Fsp3) is 0.286. The molecule has 0 spiro atoms. The predicted molar refractivity (Wildman–Crippen MR) is 118 cm³/mol. The highest BCUT2D eigenvalue weighted by molar-refractivity contribution is 7.92. The van der Waals surface area contributed by atoms with Crippen LogP contribution in [0.5, 0.6) is 0 Å². The molecule has 12 heteroatoms. The van der Waals surface area contributed by atoms with Crippen LogP contribution in [0.1, 0.15) is 27.8 Å². The number of aromatic nitrogens is 3. The maximum absolute atomic E-state index is 12.6. The SMILES string of the molecule is Cc1cc(NS(=O)(=O)c2ccc(NC(=O)C3CN(C(=O)c4cc(C)on4)C3)cc2)nc(C)n1. The lowest BCUT2D eigenvalue weighted by Crippen LogP contribution is -2.54. The molecule has 2 aromatic heterocycles. The van der Waals surface area contributed by atoms with Crippen LogP contribution in [0.4, 0.5) is 11.5 Å². The van der Waals surface area contributed by atoms with Gasteiger partial charge in [-0.3, -0.25) is 14.3 Å². The highest BCUT2D eigenvalue weighted by Crippen LogP contribution is 2.22. The average Bonchev–Trinajstić information content (AvgIpc) is 3.12. The summed E-state index contributed by atoms with van der Waals surface area (Å²) in [6, 6.07) is 8.87. The standard InChI is InChI=1S/C21H22N6O5S/c1-12-8-19(23-14(3)22-12)26-33(30,31)17-6-4-16(5-7-17)24-20(28)15-10-27(11-15)21(29)18-9-13(2)32-25-18/h4-9,15H,10-11H2,1-3H3,(H,24,28)(H,22,23,26). The van der Waals surface area contributed by atoms with Crippen molar-refractivity contribution >= 4 is 33.3 Å². The highest BCUT2D eigenvalue weighted by atomic mass is 32.2. The molecule has 0 bridgehead atoms. The second-order valence-electron chi connectivity index (χ2n) is 7.79. The Morgan fingerprint density at radius 2 is 1.76 bits per heavy atom. The number of sulfonamides is 1. The Kier molecular flexibility index (Phi) is 5.85. The third-order valence-corrected chi connectivity index (χ3v) is 6.39. The molecule has 172 valence electrons. The molecule has 1 aliphatic heterocycles. The van der Waals surface area contributed by atoms with Crippen LogP contribution in [-0.4, -0.2) is 53.3 Å². The normalized spacial score (nSPS) is 14.0. The molecule has 2 amide bonds. The summed E-state index contributed by atoms with van der Waals surface area (Å²) < 4.78 is 32.6. The smallest absolute Gasteiger partial charge is 0.276 e. The van der Waals surface area contributed by atoms with E-state index < -0.39 is 10.0 Å². The Bertz CT molecular complexity index is 1290. The number of likely N-dealkylation sites (tertiary alicyclic amines) is 1. The van der Waals surface area contributed by atoms with Crippen LogP contribution in [0.2, 0.25) is 0 Å². The van der Waals surface area contributed by atoms with E-state index >= 15 is 0 Å². The molecule has 0 radical (unpaired) electrons. The van der Waals surface area contributed by atoms with Gasteiger partial charge in [0.15, 0.2) is 5.69 Å². The number of nitrogens with one attached hydrogen (secondary N) is 2. The maximum Gasteiger partial charge on any atom is 0.276 e. The average molecular weight is 471 g/mol. The van der Waals surface area contributed by atoms with Crippen LogP contribution in [0.25, 0.3) is 0 Å². The van der Waals surface area contributed by atoms with Crippen LogP contribution >= 0.6 is 0 Å². The summed E-state index contributed by atoms with van der Waals surface area (Å²) in [5.74, 6) is 0.274. The Labute approximate surface area is 190 Å². The van der Waals surface area contributed by atoms with Crippen molar-refractivity contribution in [3.8, 4) is 0 Å². The van der Waals surface area contributed by atoms with Gasteiger partial charge in [-0.1, -0.05) is 5.16 Å². The molecular weight excluding hydrogens is 448 g/mol. The zero-order valence-electron chi connectivity index (χ0n) is 18.2. The lowest BCUT2D eigenvalue weighted by atomic mass is 9.98. The Hall–Kier alpha value is -3.80. The Morgan fingerprint density at radius 3 is 2.36 bits per heavy atom. The van der Waals surface area contributed by atoms with Gasteiger partial charge >= 0.3 is 0 Å². The minimum Gasteiger partial charge on any atom is -0.361 e. The first-order valence-corrected chi connectivity index (χ1v) is 11.6. The fourth-order valence-corrected chi connectivity index (χ4v) is 4.36. The third kappa shape index (κ3) is 5.00. The van der Waals surface area contributed by atoms with Gasteiger partial charge in [-0.2, -0.15) is 0 Å². The van der Waals surface area contributed by atoms with Crippen molar-refractivity contribution in [3.05, 3.63) is 59.4 Å². The second-order valence-corrected chi connectivity index (χ2v) is 9.47. The fourth-order valence-electron chi connectivity index (χ4n) is 3.37. The topological polar surface area (TPSA) is 147 Å². The van der Waals surface area contributed by atoms with E-state index in [0.717, 1.165) is 0 Å². The summed E-state index contributed by atoms with van der Waals surface area (Å²) in [5.41, 5.74) is 1.30. The molecule has 4 rings (SSSR count). The molecule has 2 N–H and O–H groups in total. The van der Waals surface area contributed by atoms with Crippen molar-refractivity contribution in [1.82, 2.24) is 20.0 Å². The molecule has 0 atom stereocenters. The van der Waals surface area contributed by atoms with Crippen LogP contribution in [0.15, 0.2) is 45.8 Å². The van der Waals surface area contributed by atoms with E-state index in [1.807, 2.05) is 0 Å². The first-order chi connectivity index (χ1) is 15.6. The van der Waals surface area contributed by atoms with Crippen LogP contribution in [0, 0.1) is 26.7 Å². The summed E-state index contributed by atoms with van der Waals surface area (Å²) >= 11 is 0. The summed E-state index contributed by atoms with van der Waals surface area (Å²) in [4.78, 5) is 34.5. The summed E-state index contributed by atoms with van der Waals surface area (Å²) in [7, 11) is -3.85. The summed E-state index contributed by atoms with van der Waals surface area (Å²) in [6.07, 6.45) is 0. The van der Waals surface area contributed by atoms with Crippen molar-refractivity contribution in [2.75, 3.05) is 23.1 Å². The molecule has 33 heavy (non-hydrogen) atoms. The third-order valence-electron chi connectivity index (χ3n) is 5.02. The molecule has 1 aromatic carbocycles. The Morgan fingerprint density at radius 1 is 1.06 bits per heavy atom. The van der Waals surface area contributed by atoms with Crippen molar-refractivity contribution in [2.45, 2.75) is 25.7 Å². The number of anilines is 2. The van der Waals surface area contributed by atoms with E-state index in [1.165, 1.54) is 35.2 Å². The first-order valence-electron chi connectivity index (χ1n) is 10.1. The molecule has 0 unspecified atom stereocenters. The number of aryl methyl sites for hydroxylation is 3. The number of hydrogen-bond donors (Lipinski definition) is 2. The molecule has 3 aromatic rings. The van der Waals surface area contributed by atoms with Crippen LogP contribution in [-0.2, 0) is 14.8 Å². The highest BCUT2D eigenvalue weighted by Gasteiger charge is 2.37. The van der Waals surface area contributed by atoms with Gasteiger partial charge in [-0.25, -0.2) is 18.4 Å². The largest absolute Gasteiger partial charge is 0.361 e. The number of carbonyl (C=O) groups is 2. The molecule has 3 heterocycles. The van der Waals surface area contributed by atoms with E-state index in [-0.39, 0.29) is 47.2 Å². The maximum atomic E-state index is 12.6. The number of rotatable bonds is 6. The van der Waals surface area contributed by atoms with Gasteiger partial charge in [0.05, 0.1) is 10.8 Å². The van der Waals surface area contributed by atoms with E-state index in [2.05, 4.69) is 25.2 Å². The first kappa shape index (κ1) is 22.4. The zero-order valence-corrected chi connectivity index (χ0v) is 19.0. The number of hydrogen-bond acceptors (Lipinski definition) is 8. The van der Waals surface area contributed by atoms with Crippen LogP contribution in [0.3, 0.4) is 0 Å². The van der Waals surface area contributed by atoms with Gasteiger partial charge in [0.1, 0.15) is 17.4 Å². The number of nitrogens with zero attached hydrogens (tertiary/aromatic N) is 4. The molecule has 1 saturated heterocycles. The molecular formula is C21H22N6O5S. The van der Waals surface area contributed by atoms with Crippen molar-refractivity contribution < 1.29 is 22.5 Å². The Balaban J connectivity index is 1.34. The quantitative estimate of drug-likeness (QED) is 0.555. The summed E-state index contributed by atoms with van der Waals surface area (Å²) in [6.45, 7) is 5.65. The molecule has 1 aliphatic rings. The minimum atomic E-state index is -3.85. The van der Waals surface area contributed by atoms with Gasteiger partial charge in [-0.05, 0) is 45.0 Å². The lowest BCUT2D eigenvalue weighted by molar-refractivity contribution is -0.123. The number of benzene rings is 1. The van der Waals surface area contributed by atoms with E-state index in [1.54, 1.807) is 26.8 Å². The van der Waals surface area contributed by atoms with Gasteiger partial charge in [0.2, 0.25) is 5.91 Å². The van der Waals surface area contributed by atoms with Crippen LogP contribution < -0.4 is 10.0 Å². The number of amides is 2. The van der Waals surface area contributed by atoms with Crippen molar-refractivity contribution in [1.29, 1.82) is 0 Å². The molecule has 11 nitrogen and oxygen atoms in total. The van der Waals surface area contributed by atoms with Gasteiger partial charge in [0, 0.05) is 36.6 Å². The lowest BCUT2D eigenvalue weighted by Gasteiger charge is -2.37. The minimum absolute atomic E-state index is 0.0257. The molecule has 1 fully saturated rings. The van der Waals surface area contributed by atoms with E-state index in [4.69, 9.17) is 4.52 Å². The molecule has 0 aliphatic carbocycles. The monoisotopic (exact) mass is 470 g/mol. The second kappa shape index (κ2) is 8.62. The molecule has 0 saturated carbocycles. The number of carbonyl (C=O) groups excluding carboxylic acids is 2.